The number of amides is 2. The first-order chi connectivity index (χ1) is 11.1. The van der Waals surface area contributed by atoms with Crippen molar-refractivity contribution in [3.8, 4) is 0 Å². The topological polar surface area (TPSA) is 87.7 Å². The van der Waals surface area contributed by atoms with Crippen LogP contribution in [0.1, 0.15) is 37.3 Å². The summed E-state index contributed by atoms with van der Waals surface area (Å²) in [6.45, 7) is 1.88. The lowest BCUT2D eigenvalue weighted by Crippen LogP contribution is -2.39. The molecule has 0 saturated carbocycles. The molecule has 2 unspecified atom stereocenters. The Hall–Kier alpha value is -2.08. The van der Waals surface area contributed by atoms with Crippen LogP contribution in [0.3, 0.4) is 0 Å². The molecule has 1 fully saturated rings. The van der Waals surface area contributed by atoms with Gasteiger partial charge in [-0.1, -0.05) is 30.3 Å². The van der Waals surface area contributed by atoms with E-state index in [1.165, 1.54) is 0 Å². The van der Waals surface area contributed by atoms with Crippen molar-refractivity contribution in [3.05, 3.63) is 35.9 Å². The highest BCUT2D eigenvalue weighted by Crippen LogP contribution is 2.26. The Labute approximate surface area is 136 Å². The van der Waals surface area contributed by atoms with E-state index in [0.717, 1.165) is 31.6 Å². The predicted molar refractivity (Wildman–Crippen MR) is 86.1 cm³/mol. The first kappa shape index (κ1) is 17.3. The number of carbonyl (C=O) groups is 2. The van der Waals surface area contributed by atoms with E-state index >= 15 is 0 Å². The molecule has 126 valence electrons. The maximum atomic E-state index is 12.0. The highest BCUT2D eigenvalue weighted by Gasteiger charge is 2.23. The number of ether oxygens (including phenoxy) is 1. The van der Waals surface area contributed by atoms with E-state index in [4.69, 9.17) is 9.84 Å². The second-order valence-corrected chi connectivity index (χ2v) is 5.83. The minimum absolute atomic E-state index is 0.0573. The van der Waals surface area contributed by atoms with Crippen molar-refractivity contribution >= 4 is 12.0 Å². The lowest BCUT2D eigenvalue weighted by Gasteiger charge is -2.22. The van der Waals surface area contributed by atoms with Crippen LogP contribution < -0.4 is 10.6 Å². The molecule has 0 spiro atoms. The summed E-state index contributed by atoms with van der Waals surface area (Å²) in [5.74, 6) is -0.400. The van der Waals surface area contributed by atoms with Crippen LogP contribution in [0.2, 0.25) is 0 Å². The highest BCUT2D eigenvalue weighted by molar-refractivity contribution is 5.74. The number of carboxylic acid groups (broad SMARTS) is 1. The van der Waals surface area contributed by atoms with Gasteiger partial charge in [-0.05, 0) is 30.7 Å². The SMILES string of the molecule is O=C(O)CCCNC(=O)NC(CC1CCOC1)c1ccccc1. The third-order valence-electron chi connectivity index (χ3n) is 3.95. The summed E-state index contributed by atoms with van der Waals surface area (Å²) in [4.78, 5) is 22.5. The minimum Gasteiger partial charge on any atom is -0.481 e. The van der Waals surface area contributed by atoms with Crippen molar-refractivity contribution in [1.82, 2.24) is 10.6 Å². The van der Waals surface area contributed by atoms with E-state index in [0.29, 0.717) is 18.9 Å². The zero-order valence-corrected chi connectivity index (χ0v) is 13.2. The quantitative estimate of drug-likeness (QED) is 0.641. The van der Waals surface area contributed by atoms with Gasteiger partial charge in [-0.15, -0.1) is 0 Å². The Morgan fingerprint density at radius 1 is 1.30 bits per heavy atom. The Morgan fingerprint density at radius 3 is 2.74 bits per heavy atom. The lowest BCUT2D eigenvalue weighted by atomic mass is 9.94. The minimum atomic E-state index is -0.851. The maximum Gasteiger partial charge on any atom is 0.315 e. The number of hydrogen-bond acceptors (Lipinski definition) is 3. The molecule has 2 amide bonds. The molecule has 1 saturated heterocycles. The van der Waals surface area contributed by atoms with Crippen LogP contribution in [-0.2, 0) is 9.53 Å². The third-order valence-corrected chi connectivity index (χ3v) is 3.95. The van der Waals surface area contributed by atoms with Crippen molar-refractivity contribution < 1.29 is 19.4 Å². The summed E-state index contributed by atoms with van der Waals surface area (Å²) in [7, 11) is 0. The van der Waals surface area contributed by atoms with E-state index in [-0.39, 0.29) is 18.5 Å². The van der Waals surface area contributed by atoms with E-state index in [1.54, 1.807) is 0 Å². The second kappa shape index (κ2) is 9.15. The molecule has 6 nitrogen and oxygen atoms in total. The van der Waals surface area contributed by atoms with Gasteiger partial charge < -0.3 is 20.5 Å². The summed E-state index contributed by atoms with van der Waals surface area (Å²) in [6.07, 6.45) is 2.34. The van der Waals surface area contributed by atoms with Crippen molar-refractivity contribution in [3.63, 3.8) is 0 Å². The second-order valence-electron chi connectivity index (χ2n) is 5.83. The lowest BCUT2D eigenvalue weighted by molar-refractivity contribution is -0.137. The molecule has 23 heavy (non-hydrogen) atoms. The molecule has 0 aliphatic carbocycles. The molecular weight excluding hydrogens is 296 g/mol. The van der Waals surface area contributed by atoms with Gasteiger partial charge in [0.15, 0.2) is 0 Å². The fourth-order valence-corrected chi connectivity index (χ4v) is 2.72. The summed E-state index contributed by atoms with van der Waals surface area (Å²) in [5, 5.41) is 14.3. The molecule has 0 bridgehead atoms. The van der Waals surface area contributed by atoms with E-state index in [1.807, 2.05) is 30.3 Å². The van der Waals surface area contributed by atoms with Crippen LogP contribution >= 0.6 is 0 Å². The molecule has 1 heterocycles. The van der Waals surface area contributed by atoms with Crippen LogP contribution in [0.5, 0.6) is 0 Å². The zero-order chi connectivity index (χ0) is 16.5. The smallest absolute Gasteiger partial charge is 0.315 e. The number of urea groups is 1. The van der Waals surface area contributed by atoms with E-state index in [9.17, 15) is 9.59 Å². The van der Waals surface area contributed by atoms with Crippen molar-refractivity contribution in [1.29, 1.82) is 0 Å². The van der Waals surface area contributed by atoms with Gasteiger partial charge in [0.1, 0.15) is 0 Å². The van der Waals surface area contributed by atoms with Gasteiger partial charge in [-0.3, -0.25) is 4.79 Å². The first-order valence-corrected chi connectivity index (χ1v) is 8.04. The molecule has 0 aromatic heterocycles. The van der Waals surface area contributed by atoms with Crippen LogP contribution in [0.15, 0.2) is 30.3 Å². The monoisotopic (exact) mass is 320 g/mol. The van der Waals surface area contributed by atoms with E-state index < -0.39 is 5.97 Å². The van der Waals surface area contributed by atoms with Crippen molar-refractivity contribution in [2.24, 2.45) is 5.92 Å². The van der Waals surface area contributed by atoms with Crippen LogP contribution in [0.4, 0.5) is 4.79 Å². The van der Waals surface area contributed by atoms with Gasteiger partial charge in [0.2, 0.25) is 0 Å². The fraction of sp³-hybridized carbons (Fsp3) is 0.529. The maximum absolute atomic E-state index is 12.0. The largest absolute Gasteiger partial charge is 0.481 e. The van der Waals surface area contributed by atoms with Gasteiger partial charge in [0, 0.05) is 26.2 Å². The molecule has 3 N–H and O–H groups in total. The van der Waals surface area contributed by atoms with Crippen molar-refractivity contribution in [2.75, 3.05) is 19.8 Å². The first-order valence-electron chi connectivity index (χ1n) is 8.04. The standard InChI is InChI=1S/C17H24N2O4/c20-16(21)7-4-9-18-17(22)19-15(11-13-8-10-23-12-13)14-5-2-1-3-6-14/h1-3,5-6,13,15H,4,7-12H2,(H,20,21)(H2,18,19,22). The number of rotatable bonds is 8. The third kappa shape index (κ3) is 6.28. The number of aliphatic carboxylic acids is 1. The highest BCUT2D eigenvalue weighted by atomic mass is 16.5. The summed E-state index contributed by atoms with van der Waals surface area (Å²) in [5.41, 5.74) is 1.07. The Kier molecular flexibility index (Phi) is 6.87. The number of carbonyl (C=O) groups excluding carboxylic acids is 1. The fourth-order valence-electron chi connectivity index (χ4n) is 2.72. The van der Waals surface area contributed by atoms with Crippen LogP contribution in [0, 0.1) is 5.92 Å². The molecule has 0 radical (unpaired) electrons. The number of carboxylic acids is 1. The molecule has 2 rings (SSSR count). The molecular formula is C17H24N2O4. The van der Waals surface area contributed by atoms with E-state index in [2.05, 4.69) is 10.6 Å². The average molecular weight is 320 g/mol. The Bertz CT molecular complexity index is 501. The van der Waals surface area contributed by atoms with Crippen molar-refractivity contribution in [2.45, 2.75) is 31.7 Å². The van der Waals surface area contributed by atoms with Gasteiger partial charge in [0.25, 0.3) is 0 Å². The van der Waals surface area contributed by atoms with Gasteiger partial charge in [-0.25, -0.2) is 4.79 Å². The molecule has 1 aromatic carbocycles. The summed E-state index contributed by atoms with van der Waals surface area (Å²) in [6, 6.07) is 9.55. The van der Waals surface area contributed by atoms with Gasteiger partial charge >= 0.3 is 12.0 Å². The summed E-state index contributed by atoms with van der Waals surface area (Å²) >= 11 is 0. The predicted octanol–water partition coefficient (Wildman–Crippen LogP) is 2.32. The number of hydrogen-bond donors (Lipinski definition) is 3. The molecule has 2 atom stereocenters. The normalized spacial score (nSPS) is 18.3. The van der Waals surface area contributed by atoms with Crippen LogP contribution in [0.25, 0.3) is 0 Å². The molecule has 1 aliphatic heterocycles. The number of nitrogens with one attached hydrogen (secondary N) is 2. The number of benzene rings is 1. The van der Waals surface area contributed by atoms with Crippen LogP contribution in [-0.4, -0.2) is 36.9 Å². The summed E-state index contributed by atoms with van der Waals surface area (Å²) < 4.78 is 5.42. The van der Waals surface area contributed by atoms with Gasteiger partial charge in [-0.2, -0.15) is 0 Å². The average Bonchev–Trinajstić information content (AvgIpc) is 3.05. The Morgan fingerprint density at radius 2 is 2.09 bits per heavy atom. The molecule has 1 aliphatic rings. The molecule has 6 heteroatoms. The zero-order valence-electron chi connectivity index (χ0n) is 13.2. The van der Waals surface area contributed by atoms with Gasteiger partial charge in [0.05, 0.1) is 6.04 Å². The Balaban J connectivity index is 1.86. The molecule has 1 aromatic rings.